The fraction of sp³-hybridized carbons (Fsp3) is 0.562. The fourth-order valence-corrected chi connectivity index (χ4v) is 3.31. The van der Waals surface area contributed by atoms with Crippen molar-refractivity contribution in [1.82, 2.24) is 5.32 Å². The highest BCUT2D eigenvalue weighted by atomic mass is 32.2. The molecule has 1 unspecified atom stereocenters. The molecule has 0 bridgehead atoms. The van der Waals surface area contributed by atoms with Crippen LogP contribution in [0.4, 0.5) is 4.39 Å². The molecule has 0 fully saturated rings. The molecule has 0 aliphatic carbocycles. The van der Waals surface area contributed by atoms with E-state index < -0.39 is 31.7 Å². The second-order valence-electron chi connectivity index (χ2n) is 6.36. The summed E-state index contributed by atoms with van der Waals surface area (Å²) in [6.45, 7) is 8.22. The van der Waals surface area contributed by atoms with Gasteiger partial charge in [0.2, 0.25) is 5.91 Å². The summed E-state index contributed by atoms with van der Waals surface area (Å²) in [7, 11) is -3.50. The summed E-state index contributed by atoms with van der Waals surface area (Å²) in [5.74, 6) is -0.900. The van der Waals surface area contributed by atoms with Crippen LogP contribution in [-0.4, -0.2) is 31.4 Å². The quantitative estimate of drug-likeness (QED) is 0.872. The minimum Gasteiger partial charge on any atom is -0.354 e. The van der Waals surface area contributed by atoms with Crippen LogP contribution >= 0.6 is 0 Å². The maximum absolute atomic E-state index is 13.9. The van der Waals surface area contributed by atoms with E-state index in [-0.39, 0.29) is 12.4 Å². The van der Waals surface area contributed by atoms with E-state index in [1.165, 1.54) is 13.0 Å². The highest BCUT2D eigenvalue weighted by Gasteiger charge is 2.32. The van der Waals surface area contributed by atoms with Gasteiger partial charge in [-0.3, -0.25) is 4.79 Å². The Kier molecular flexibility index (Phi) is 5.73. The van der Waals surface area contributed by atoms with E-state index in [1.807, 2.05) is 0 Å². The summed E-state index contributed by atoms with van der Waals surface area (Å²) in [5.41, 5.74) is -0.155. The number of hydrogen-bond acceptors (Lipinski definition) is 3. The average molecular weight is 329 g/mol. The lowest BCUT2D eigenvalue weighted by Gasteiger charge is -2.27. The summed E-state index contributed by atoms with van der Waals surface area (Å²) >= 11 is 0. The number of sulfone groups is 1. The molecule has 0 aromatic heterocycles. The summed E-state index contributed by atoms with van der Waals surface area (Å²) in [4.78, 5) is 12.1. The smallest absolute Gasteiger partial charge is 0.238 e. The van der Waals surface area contributed by atoms with Gasteiger partial charge in [-0.2, -0.15) is 0 Å². The van der Waals surface area contributed by atoms with Crippen LogP contribution in [0.15, 0.2) is 24.3 Å². The van der Waals surface area contributed by atoms with Gasteiger partial charge >= 0.3 is 0 Å². The maximum atomic E-state index is 13.9. The third-order valence-corrected chi connectivity index (χ3v) is 6.34. The molecular weight excluding hydrogens is 305 g/mol. The molecule has 1 N–H and O–H groups in total. The van der Waals surface area contributed by atoms with E-state index in [2.05, 4.69) is 5.32 Å². The van der Waals surface area contributed by atoms with Crippen LogP contribution in [0.3, 0.4) is 0 Å². The van der Waals surface area contributed by atoms with Crippen LogP contribution in [0.2, 0.25) is 0 Å². The molecule has 1 atom stereocenters. The Balaban J connectivity index is 2.81. The molecule has 0 radical (unpaired) electrons. The molecule has 1 rings (SSSR count). The first-order valence-electron chi connectivity index (χ1n) is 7.25. The lowest BCUT2D eigenvalue weighted by molar-refractivity contribution is -0.120. The Morgan fingerprint density at radius 3 is 2.27 bits per heavy atom. The lowest BCUT2D eigenvalue weighted by atomic mass is 9.84. The molecule has 1 amide bonds. The average Bonchev–Trinajstić information content (AvgIpc) is 2.44. The molecule has 4 nitrogen and oxygen atoms in total. The summed E-state index contributed by atoms with van der Waals surface area (Å²) in [6, 6.07) is 6.36. The number of nitrogens with one attached hydrogen (secondary N) is 1. The van der Waals surface area contributed by atoms with Gasteiger partial charge in [0, 0.05) is 12.0 Å². The normalized spacial score (nSPS) is 14.0. The van der Waals surface area contributed by atoms with Crippen molar-refractivity contribution >= 4 is 15.7 Å². The van der Waals surface area contributed by atoms with Crippen LogP contribution in [0.25, 0.3) is 0 Å². The van der Waals surface area contributed by atoms with Crippen LogP contribution in [0.5, 0.6) is 0 Å². The van der Waals surface area contributed by atoms with E-state index in [0.29, 0.717) is 5.56 Å². The first-order chi connectivity index (χ1) is 10.00. The SMILES string of the molecule is CC(C)S(=O)(=O)C(C)C(=O)NCC(C)(C)c1ccccc1F. The molecule has 0 aliphatic rings. The van der Waals surface area contributed by atoms with Crippen molar-refractivity contribution in [3.05, 3.63) is 35.6 Å². The second-order valence-corrected chi connectivity index (χ2v) is 9.19. The molecule has 124 valence electrons. The van der Waals surface area contributed by atoms with Crippen molar-refractivity contribution in [3.8, 4) is 0 Å². The molecule has 6 heteroatoms. The van der Waals surface area contributed by atoms with Crippen LogP contribution in [0, 0.1) is 5.82 Å². The van der Waals surface area contributed by atoms with Gasteiger partial charge in [0.15, 0.2) is 9.84 Å². The second kappa shape index (κ2) is 6.77. The van der Waals surface area contributed by atoms with Crippen LogP contribution in [0.1, 0.15) is 40.2 Å². The highest BCUT2D eigenvalue weighted by Crippen LogP contribution is 2.25. The van der Waals surface area contributed by atoms with E-state index in [1.54, 1.807) is 45.9 Å². The van der Waals surface area contributed by atoms with Gasteiger partial charge in [-0.05, 0) is 32.4 Å². The number of benzene rings is 1. The number of halogens is 1. The largest absolute Gasteiger partial charge is 0.354 e. The third-order valence-electron chi connectivity index (χ3n) is 3.83. The number of rotatable bonds is 6. The van der Waals surface area contributed by atoms with Gasteiger partial charge in [-0.15, -0.1) is 0 Å². The molecule has 1 aromatic carbocycles. The predicted molar refractivity (Wildman–Crippen MR) is 86.0 cm³/mol. The molecule has 0 saturated heterocycles. The van der Waals surface area contributed by atoms with Gasteiger partial charge in [0.1, 0.15) is 11.1 Å². The predicted octanol–water partition coefficient (Wildman–Crippen LogP) is 2.43. The Bertz CT molecular complexity index is 639. The zero-order valence-electron chi connectivity index (χ0n) is 13.7. The van der Waals surface area contributed by atoms with E-state index in [0.717, 1.165) is 0 Å². The maximum Gasteiger partial charge on any atom is 0.238 e. The molecule has 1 aromatic rings. The number of carbonyl (C=O) groups is 1. The van der Waals surface area contributed by atoms with Gasteiger partial charge in [-0.25, -0.2) is 12.8 Å². The minimum absolute atomic E-state index is 0.157. The molecule has 0 aliphatic heterocycles. The Morgan fingerprint density at radius 2 is 1.77 bits per heavy atom. The molecule has 0 heterocycles. The van der Waals surface area contributed by atoms with Crippen molar-refractivity contribution in [2.45, 2.75) is 50.5 Å². The van der Waals surface area contributed by atoms with Crippen LogP contribution in [-0.2, 0) is 20.0 Å². The highest BCUT2D eigenvalue weighted by molar-refractivity contribution is 7.93. The third kappa shape index (κ3) is 4.06. The van der Waals surface area contributed by atoms with Crippen molar-refractivity contribution in [1.29, 1.82) is 0 Å². The van der Waals surface area contributed by atoms with E-state index >= 15 is 0 Å². The molecule has 22 heavy (non-hydrogen) atoms. The first-order valence-corrected chi connectivity index (χ1v) is 8.86. The molecule has 0 saturated carbocycles. The zero-order chi connectivity index (χ0) is 17.1. The number of carbonyl (C=O) groups excluding carboxylic acids is 1. The van der Waals surface area contributed by atoms with Gasteiger partial charge in [0.05, 0.1) is 5.25 Å². The van der Waals surface area contributed by atoms with Crippen LogP contribution < -0.4 is 5.32 Å². The Hall–Kier alpha value is -1.43. The van der Waals surface area contributed by atoms with Crippen molar-refractivity contribution in [2.24, 2.45) is 0 Å². The fourth-order valence-electron chi connectivity index (χ4n) is 2.11. The summed E-state index contributed by atoms with van der Waals surface area (Å²) in [6.07, 6.45) is 0. The lowest BCUT2D eigenvalue weighted by Crippen LogP contribution is -2.45. The van der Waals surface area contributed by atoms with E-state index in [9.17, 15) is 17.6 Å². The summed E-state index contributed by atoms with van der Waals surface area (Å²) in [5, 5.41) is 0.886. The standard InChI is InChI=1S/C16H24FNO3S/c1-11(2)22(20,21)12(3)15(19)18-10-16(4,5)13-8-6-7-9-14(13)17/h6-9,11-12H,10H2,1-5H3,(H,18,19). The van der Waals surface area contributed by atoms with Crippen molar-refractivity contribution in [2.75, 3.05) is 6.54 Å². The van der Waals surface area contributed by atoms with Gasteiger partial charge in [-0.1, -0.05) is 32.0 Å². The van der Waals surface area contributed by atoms with E-state index in [4.69, 9.17) is 0 Å². The zero-order valence-corrected chi connectivity index (χ0v) is 14.5. The topological polar surface area (TPSA) is 63.2 Å². The minimum atomic E-state index is -3.50. The first kappa shape index (κ1) is 18.6. The molecule has 0 spiro atoms. The Morgan fingerprint density at radius 1 is 1.23 bits per heavy atom. The monoisotopic (exact) mass is 329 g/mol. The number of hydrogen-bond donors (Lipinski definition) is 1. The van der Waals surface area contributed by atoms with Gasteiger partial charge < -0.3 is 5.32 Å². The van der Waals surface area contributed by atoms with Crippen molar-refractivity contribution < 1.29 is 17.6 Å². The summed E-state index contributed by atoms with van der Waals surface area (Å²) < 4.78 is 37.9. The Labute approximate surface area is 132 Å². The number of amides is 1. The van der Waals surface area contributed by atoms with Gasteiger partial charge in [0.25, 0.3) is 0 Å². The molecular formula is C16H24FNO3S. The van der Waals surface area contributed by atoms with Crippen molar-refractivity contribution in [3.63, 3.8) is 0 Å².